The number of aliphatic hydroxyl groups is 2. The smallest absolute Gasteiger partial charge is 0.303 e. The minimum atomic E-state index is -0.859. The third-order valence-electron chi connectivity index (χ3n) is 4.27. The molecule has 0 spiro atoms. The fourth-order valence-electron chi connectivity index (χ4n) is 2.78. The molecule has 1 rings (SSSR count). The van der Waals surface area contributed by atoms with Crippen LogP contribution >= 0.6 is 0 Å². The lowest BCUT2D eigenvalue weighted by molar-refractivity contribution is -0.136. The van der Waals surface area contributed by atoms with E-state index in [1.165, 1.54) is 14.2 Å². The number of carbonyl (C=O) groups is 1. The average Bonchev–Trinajstić information content (AvgIpc) is 2.48. The number of allylic oxidation sites excluding steroid dienone is 2. The molecule has 0 radical (unpaired) electrons. The van der Waals surface area contributed by atoms with Gasteiger partial charge in [-0.1, -0.05) is 18.6 Å². The topological polar surface area (TPSA) is 96.2 Å². The summed E-state index contributed by atoms with van der Waals surface area (Å²) < 4.78 is 10.3. The van der Waals surface area contributed by atoms with Crippen molar-refractivity contribution in [1.82, 2.24) is 0 Å². The Morgan fingerprint density at radius 2 is 1.68 bits per heavy atom. The molecule has 126 valence electrons. The first-order valence-electron chi connectivity index (χ1n) is 7.39. The molecular formula is C16H26O6. The van der Waals surface area contributed by atoms with Crippen molar-refractivity contribution in [2.24, 2.45) is 11.8 Å². The molecule has 0 amide bonds. The van der Waals surface area contributed by atoms with Crippen LogP contribution in [0, 0.1) is 11.8 Å². The lowest BCUT2D eigenvalue weighted by Crippen LogP contribution is -2.42. The predicted octanol–water partition coefficient (Wildman–Crippen LogP) is 1.68. The fourth-order valence-corrected chi connectivity index (χ4v) is 2.78. The van der Waals surface area contributed by atoms with Gasteiger partial charge in [-0.2, -0.15) is 0 Å². The SMILES string of the molecule is COC1=C(OC)C(O)C(CC=C(C)CCC(=O)O)C(C)C1O. The Hall–Kier alpha value is -1.53. The zero-order valence-electron chi connectivity index (χ0n) is 13.6. The van der Waals surface area contributed by atoms with Crippen molar-refractivity contribution >= 4 is 5.97 Å². The number of aliphatic hydroxyl groups excluding tert-OH is 2. The number of rotatable bonds is 7. The summed E-state index contributed by atoms with van der Waals surface area (Å²) in [5.74, 6) is -0.723. The summed E-state index contributed by atoms with van der Waals surface area (Å²) in [4.78, 5) is 10.6. The van der Waals surface area contributed by atoms with Crippen LogP contribution in [0.1, 0.15) is 33.1 Å². The van der Waals surface area contributed by atoms with E-state index in [9.17, 15) is 15.0 Å². The Kier molecular flexibility index (Phi) is 6.90. The molecule has 0 fully saturated rings. The molecule has 0 aromatic rings. The van der Waals surface area contributed by atoms with E-state index < -0.39 is 18.2 Å². The van der Waals surface area contributed by atoms with E-state index >= 15 is 0 Å². The first kappa shape index (κ1) is 18.5. The van der Waals surface area contributed by atoms with Crippen LogP contribution in [0.15, 0.2) is 23.2 Å². The average molecular weight is 314 g/mol. The summed E-state index contributed by atoms with van der Waals surface area (Å²) in [6, 6.07) is 0. The van der Waals surface area contributed by atoms with E-state index in [0.717, 1.165) is 5.57 Å². The van der Waals surface area contributed by atoms with E-state index in [-0.39, 0.29) is 29.8 Å². The number of hydrogen-bond donors (Lipinski definition) is 3. The highest BCUT2D eigenvalue weighted by atomic mass is 16.5. The highest BCUT2D eigenvalue weighted by Gasteiger charge is 2.42. The summed E-state index contributed by atoms with van der Waals surface area (Å²) in [6.45, 7) is 3.72. The molecular weight excluding hydrogens is 288 g/mol. The largest absolute Gasteiger partial charge is 0.495 e. The molecule has 6 heteroatoms. The summed E-state index contributed by atoms with van der Waals surface area (Å²) in [5, 5.41) is 29.4. The van der Waals surface area contributed by atoms with Crippen molar-refractivity contribution in [1.29, 1.82) is 0 Å². The fraction of sp³-hybridized carbons (Fsp3) is 0.688. The van der Waals surface area contributed by atoms with Gasteiger partial charge in [0.2, 0.25) is 0 Å². The Balaban J connectivity index is 2.85. The molecule has 3 N–H and O–H groups in total. The van der Waals surface area contributed by atoms with Gasteiger partial charge in [0.15, 0.2) is 11.5 Å². The summed E-state index contributed by atoms with van der Waals surface area (Å²) in [5.41, 5.74) is 0.955. The minimum Gasteiger partial charge on any atom is -0.495 e. The molecule has 0 heterocycles. The van der Waals surface area contributed by atoms with Gasteiger partial charge in [-0.3, -0.25) is 4.79 Å². The second kappa shape index (κ2) is 8.19. The van der Waals surface area contributed by atoms with E-state index in [2.05, 4.69) is 0 Å². The van der Waals surface area contributed by atoms with Gasteiger partial charge in [0.05, 0.1) is 14.2 Å². The van der Waals surface area contributed by atoms with Gasteiger partial charge in [-0.25, -0.2) is 0 Å². The summed E-state index contributed by atoms with van der Waals surface area (Å²) in [7, 11) is 2.87. The van der Waals surface area contributed by atoms with Crippen LogP contribution in [0.5, 0.6) is 0 Å². The van der Waals surface area contributed by atoms with Gasteiger partial charge < -0.3 is 24.8 Å². The van der Waals surface area contributed by atoms with Gasteiger partial charge >= 0.3 is 5.97 Å². The van der Waals surface area contributed by atoms with Gasteiger partial charge in [0.1, 0.15) is 12.2 Å². The van der Waals surface area contributed by atoms with E-state index in [4.69, 9.17) is 14.6 Å². The number of methoxy groups -OCH3 is 2. The maximum absolute atomic E-state index is 10.6. The Morgan fingerprint density at radius 3 is 2.18 bits per heavy atom. The standard InChI is InChI=1S/C16H26O6/c1-9(6-8-12(17)18)5-7-11-10(2)13(19)15(21-3)16(22-4)14(11)20/h5,10-11,13-14,19-20H,6-8H2,1-4H3,(H,17,18). The van der Waals surface area contributed by atoms with Crippen LogP contribution < -0.4 is 0 Å². The maximum Gasteiger partial charge on any atom is 0.303 e. The molecule has 0 bridgehead atoms. The molecule has 1 aliphatic carbocycles. The first-order chi connectivity index (χ1) is 10.3. The summed E-state index contributed by atoms with van der Waals surface area (Å²) >= 11 is 0. The molecule has 22 heavy (non-hydrogen) atoms. The quantitative estimate of drug-likeness (QED) is 0.619. The van der Waals surface area contributed by atoms with Crippen LogP contribution in [-0.2, 0) is 14.3 Å². The van der Waals surface area contributed by atoms with Crippen molar-refractivity contribution < 1.29 is 29.6 Å². The highest BCUT2D eigenvalue weighted by Crippen LogP contribution is 2.37. The molecule has 6 nitrogen and oxygen atoms in total. The molecule has 0 saturated carbocycles. The monoisotopic (exact) mass is 314 g/mol. The van der Waals surface area contributed by atoms with Crippen molar-refractivity contribution in [3.05, 3.63) is 23.2 Å². The second-order valence-electron chi connectivity index (χ2n) is 5.73. The third kappa shape index (κ3) is 4.24. The summed E-state index contributed by atoms with van der Waals surface area (Å²) in [6.07, 6.45) is 1.33. The van der Waals surface area contributed by atoms with Gasteiger partial charge in [-0.15, -0.1) is 0 Å². The lowest BCUT2D eigenvalue weighted by Gasteiger charge is -2.38. The van der Waals surface area contributed by atoms with Crippen LogP contribution in [0.4, 0.5) is 0 Å². The van der Waals surface area contributed by atoms with Gasteiger partial charge in [-0.05, 0) is 25.7 Å². The number of carboxylic acid groups (broad SMARTS) is 1. The van der Waals surface area contributed by atoms with Crippen molar-refractivity contribution in [3.8, 4) is 0 Å². The first-order valence-corrected chi connectivity index (χ1v) is 7.39. The molecule has 4 atom stereocenters. The van der Waals surface area contributed by atoms with E-state index in [0.29, 0.717) is 12.8 Å². The molecule has 0 aromatic carbocycles. The number of aliphatic carboxylic acids is 1. The predicted molar refractivity (Wildman–Crippen MR) is 81.0 cm³/mol. The highest BCUT2D eigenvalue weighted by molar-refractivity contribution is 5.66. The van der Waals surface area contributed by atoms with Crippen LogP contribution in [0.2, 0.25) is 0 Å². The number of carboxylic acids is 1. The van der Waals surface area contributed by atoms with E-state index in [1.54, 1.807) is 0 Å². The Bertz CT molecular complexity index is 454. The van der Waals surface area contributed by atoms with Crippen molar-refractivity contribution in [2.75, 3.05) is 14.2 Å². The van der Waals surface area contributed by atoms with Crippen molar-refractivity contribution in [3.63, 3.8) is 0 Å². The van der Waals surface area contributed by atoms with Crippen LogP contribution in [0.3, 0.4) is 0 Å². The van der Waals surface area contributed by atoms with Crippen molar-refractivity contribution in [2.45, 2.75) is 45.3 Å². The number of hydrogen-bond acceptors (Lipinski definition) is 5. The van der Waals surface area contributed by atoms with Gasteiger partial charge in [0, 0.05) is 12.3 Å². The number of ether oxygens (including phenoxy) is 2. The second-order valence-corrected chi connectivity index (χ2v) is 5.73. The molecule has 0 aliphatic heterocycles. The Morgan fingerprint density at radius 1 is 1.14 bits per heavy atom. The van der Waals surface area contributed by atoms with E-state index in [1.807, 2.05) is 19.9 Å². The normalized spacial score (nSPS) is 29.5. The zero-order valence-corrected chi connectivity index (χ0v) is 13.6. The zero-order chi connectivity index (χ0) is 16.9. The minimum absolute atomic E-state index is 0.0881. The molecule has 1 aliphatic rings. The van der Waals surface area contributed by atoms with Gasteiger partial charge in [0.25, 0.3) is 0 Å². The molecule has 0 aromatic heterocycles. The van der Waals surface area contributed by atoms with Crippen LogP contribution in [0.25, 0.3) is 0 Å². The third-order valence-corrected chi connectivity index (χ3v) is 4.27. The maximum atomic E-state index is 10.6. The lowest BCUT2D eigenvalue weighted by atomic mass is 9.76. The Labute approximate surface area is 131 Å². The molecule has 0 saturated heterocycles. The molecule has 4 unspecified atom stereocenters. The van der Waals surface area contributed by atoms with Crippen LogP contribution in [-0.4, -0.2) is 47.7 Å².